The van der Waals surface area contributed by atoms with Gasteiger partial charge < -0.3 is 15.8 Å². The summed E-state index contributed by atoms with van der Waals surface area (Å²) in [5.74, 6) is -0.0508. The second-order valence-electron chi connectivity index (χ2n) is 5.45. The predicted octanol–water partition coefficient (Wildman–Crippen LogP) is 0.341. The second-order valence-corrected chi connectivity index (χ2v) is 5.45. The lowest BCUT2D eigenvalue weighted by Crippen LogP contribution is -2.55. The molecule has 0 saturated carbocycles. The molecular formula is C13H27N3O2. The summed E-state index contributed by atoms with van der Waals surface area (Å²) in [6, 6.07) is 0.121. The molecule has 3 N–H and O–H groups in total. The molecule has 2 atom stereocenters. The fourth-order valence-corrected chi connectivity index (χ4v) is 2.24. The van der Waals surface area contributed by atoms with Crippen molar-refractivity contribution < 1.29 is 9.53 Å². The molecule has 5 heteroatoms. The van der Waals surface area contributed by atoms with Crippen LogP contribution in [0.2, 0.25) is 0 Å². The maximum Gasteiger partial charge on any atom is 0.240 e. The third-order valence-corrected chi connectivity index (χ3v) is 3.30. The van der Waals surface area contributed by atoms with Crippen LogP contribution in [-0.2, 0) is 9.53 Å². The van der Waals surface area contributed by atoms with Crippen molar-refractivity contribution >= 4 is 5.91 Å². The summed E-state index contributed by atoms with van der Waals surface area (Å²) in [7, 11) is 0. The largest absolute Gasteiger partial charge is 0.379 e. The van der Waals surface area contributed by atoms with Gasteiger partial charge in [-0.15, -0.1) is 0 Å². The molecule has 1 rings (SSSR count). The van der Waals surface area contributed by atoms with E-state index < -0.39 is 5.54 Å². The summed E-state index contributed by atoms with van der Waals surface area (Å²) in [4.78, 5) is 14.3. The maximum atomic E-state index is 12.0. The first-order valence-electron chi connectivity index (χ1n) is 6.85. The van der Waals surface area contributed by atoms with E-state index in [4.69, 9.17) is 10.5 Å². The number of rotatable bonds is 6. The first-order chi connectivity index (χ1) is 8.45. The van der Waals surface area contributed by atoms with E-state index in [9.17, 15) is 4.79 Å². The molecule has 0 aliphatic carbocycles. The minimum absolute atomic E-state index is 0.0508. The Bertz CT molecular complexity index is 263. The summed E-state index contributed by atoms with van der Waals surface area (Å²) in [5.41, 5.74) is 5.25. The molecule has 1 aliphatic heterocycles. The van der Waals surface area contributed by atoms with Gasteiger partial charge in [0.15, 0.2) is 0 Å². The van der Waals surface area contributed by atoms with Gasteiger partial charge in [-0.3, -0.25) is 9.69 Å². The van der Waals surface area contributed by atoms with Crippen LogP contribution in [-0.4, -0.2) is 55.2 Å². The second kappa shape index (κ2) is 7.07. The zero-order valence-electron chi connectivity index (χ0n) is 11.9. The first kappa shape index (κ1) is 15.4. The number of hydrogen-bond donors (Lipinski definition) is 2. The van der Waals surface area contributed by atoms with Crippen LogP contribution in [0.1, 0.15) is 33.6 Å². The van der Waals surface area contributed by atoms with Crippen LogP contribution in [0.25, 0.3) is 0 Å². The van der Waals surface area contributed by atoms with Gasteiger partial charge in [0.05, 0.1) is 18.8 Å². The van der Waals surface area contributed by atoms with Gasteiger partial charge in [-0.2, -0.15) is 0 Å². The lowest BCUT2D eigenvalue weighted by Gasteiger charge is -2.31. The molecule has 1 fully saturated rings. The van der Waals surface area contributed by atoms with Crippen LogP contribution in [0.15, 0.2) is 0 Å². The van der Waals surface area contributed by atoms with Crippen molar-refractivity contribution in [2.75, 3.05) is 32.8 Å². The maximum absolute atomic E-state index is 12.0. The topological polar surface area (TPSA) is 67.6 Å². The van der Waals surface area contributed by atoms with Gasteiger partial charge in [-0.25, -0.2) is 0 Å². The Morgan fingerprint density at radius 2 is 2.11 bits per heavy atom. The van der Waals surface area contributed by atoms with E-state index in [-0.39, 0.29) is 11.9 Å². The molecule has 5 nitrogen and oxygen atoms in total. The summed E-state index contributed by atoms with van der Waals surface area (Å²) in [6.07, 6.45) is 1.63. The van der Waals surface area contributed by atoms with Crippen molar-refractivity contribution in [1.82, 2.24) is 10.2 Å². The van der Waals surface area contributed by atoms with E-state index in [1.165, 1.54) is 0 Å². The SMILES string of the molecule is CCCC(C)(N)C(=O)NC(C)CN1CCOCC1. The standard InChI is InChI=1S/C13H27N3O2/c1-4-5-13(3,14)12(17)15-11(2)10-16-6-8-18-9-7-16/h11H,4-10,14H2,1-3H3,(H,15,17). The lowest BCUT2D eigenvalue weighted by atomic mass is 9.96. The van der Waals surface area contributed by atoms with Crippen LogP contribution in [0.5, 0.6) is 0 Å². The number of carbonyl (C=O) groups is 1. The van der Waals surface area contributed by atoms with Gasteiger partial charge >= 0.3 is 0 Å². The molecule has 0 aromatic rings. The normalized spacial score (nSPS) is 22.2. The van der Waals surface area contributed by atoms with Crippen molar-refractivity contribution in [3.63, 3.8) is 0 Å². The Morgan fingerprint density at radius 3 is 2.67 bits per heavy atom. The van der Waals surface area contributed by atoms with Crippen molar-refractivity contribution in [3.05, 3.63) is 0 Å². The third-order valence-electron chi connectivity index (χ3n) is 3.30. The lowest BCUT2D eigenvalue weighted by molar-refractivity contribution is -0.126. The molecule has 0 radical (unpaired) electrons. The molecule has 2 unspecified atom stereocenters. The van der Waals surface area contributed by atoms with Crippen LogP contribution in [0, 0.1) is 0 Å². The van der Waals surface area contributed by atoms with Gasteiger partial charge in [0, 0.05) is 25.7 Å². The number of nitrogens with two attached hydrogens (primary N) is 1. The molecule has 106 valence electrons. The molecule has 1 saturated heterocycles. The Hall–Kier alpha value is -0.650. The molecular weight excluding hydrogens is 230 g/mol. The number of morpholine rings is 1. The van der Waals surface area contributed by atoms with E-state index in [2.05, 4.69) is 10.2 Å². The molecule has 1 heterocycles. The molecule has 18 heavy (non-hydrogen) atoms. The summed E-state index contributed by atoms with van der Waals surface area (Å²) >= 11 is 0. The Morgan fingerprint density at radius 1 is 1.50 bits per heavy atom. The van der Waals surface area contributed by atoms with Gasteiger partial charge in [0.1, 0.15) is 0 Å². The summed E-state index contributed by atoms with van der Waals surface area (Å²) < 4.78 is 5.30. The highest BCUT2D eigenvalue weighted by atomic mass is 16.5. The van der Waals surface area contributed by atoms with Crippen molar-refractivity contribution in [3.8, 4) is 0 Å². The third kappa shape index (κ3) is 4.92. The fourth-order valence-electron chi connectivity index (χ4n) is 2.24. The zero-order chi connectivity index (χ0) is 13.6. The minimum atomic E-state index is -0.756. The summed E-state index contributed by atoms with van der Waals surface area (Å²) in [6.45, 7) is 10.2. The minimum Gasteiger partial charge on any atom is -0.379 e. The van der Waals surface area contributed by atoms with E-state index >= 15 is 0 Å². The highest BCUT2D eigenvalue weighted by Gasteiger charge is 2.28. The van der Waals surface area contributed by atoms with Crippen molar-refractivity contribution in [2.45, 2.75) is 45.2 Å². The van der Waals surface area contributed by atoms with Gasteiger partial charge in [-0.05, 0) is 20.3 Å². The Labute approximate surface area is 110 Å². The average Bonchev–Trinajstić information content (AvgIpc) is 2.29. The molecule has 0 aromatic carbocycles. The van der Waals surface area contributed by atoms with Gasteiger partial charge in [0.25, 0.3) is 0 Å². The predicted molar refractivity (Wildman–Crippen MR) is 72.4 cm³/mol. The van der Waals surface area contributed by atoms with E-state index in [1.54, 1.807) is 6.92 Å². The van der Waals surface area contributed by atoms with E-state index in [1.807, 2.05) is 13.8 Å². The number of ether oxygens (including phenoxy) is 1. The van der Waals surface area contributed by atoms with Crippen LogP contribution in [0.4, 0.5) is 0 Å². The average molecular weight is 257 g/mol. The summed E-state index contributed by atoms with van der Waals surface area (Å²) in [5, 5.41) is 3.01. The van der Waals surface area contributed by atoms with Crippen LogP contribution >= 0.6 is 0 Å². The van der Waals surface area contributed by atoms with Gasteiger partial charge in [0.2, 0.25) is 5.91 Å². The quantitative estimate of drug-likeness (QED) is 0.720. The number of amides is 1. The van der Waals surface area contributed by atoms with Crippen molar-refractivity contribution in [2.24, 2.45) is 5.73 Å². The number of nitrogens with zero attached hydrogens (tertiary/aromatic N) is 1. The van der Waals surface area contributed by atoms with Gasteiger partial charge in [-0.1, -0.05) is 13.3 Å². The molecule has 0 bridgehead atoms. The molecule has 1 aliphatic rings. The molecule has 0 aromatic heterocycles. The zero-order valence-corrected chi connectivity index (χ0v) is 11.9. The fraction of sp³-hybridized carbons (Fsp3) is 0.923. The van der Waals surface area contributed by atoms with Crippen LogP contribution in [0.3, 0.4) is 0 Å². The van der Waals surface area contributed by atoms with E-state index in [0.717, 1.165) is 39.3 Å². The number of nitrogens with one attached hydrogen (secondary N) is 1. The molecule has 1 amide bonds. The first-order valence-corrected chi connectivity index (χ1v) is 6.85. The number of hydrogen-bond acceptors (Lipinski definition) is 4. The highest BCUT2D eigenvalue weighted by Crippen LogP contribution is 2.09. The van der Waals surface area contributed by atoms with Crippen LogP contribution < -0.4 is 11.1 Å². The Kier molecular flexibility index (Phi) is 6.05. The van der Waals surface area contributed by atoms with E-state index in [0.29, 0.717) is 6.42 Å². The van der Waals surface area contributed by atoms with Crippen molar-refractivity contribution in [1.29, 1.82) is 0 Å². The Balaban J connectivity index is 2.34. The smallest absolute Gasteiger partial charge is 0.240 e. The highest BCUT2D eigenvalue weighted by molar-refractivity contribution is 5.85. The monoisotopic (exact) mass is 257 g/mol. The number of carbonyl (C=O) groups excluding carboxylic acids is 1. The molecule has 0 spiro atoms.